The van der Waals surface area contributed by atoms with E-state index in [2.05, 4.69) is 20.8 Å². The summed E-state index contributed by atoms with van der Waals surface area (Å²) in [4.78, 5) is 11.4. The molecule has 0 spiro atoms. The quantitative estimate of drug-likeness (QED) is 0.289. The second kappa shape index (κ2) is 10.3. The number of rotatable bonds is 9. The van der Waals surface area contributed by atoms with Crippen molar-refractivity contribution >= 4 is 29.3 Å². The number of halogens is 3. The van der Waals surface area contributed by atoms with Crippen molar-refractivity contribution < 1.29 is 22.7 Å². The van der Waals surface area contributed by atoms with Gasteiger partial charge >= 0.3 is 6.18 Å². The van der Waals surface area contributed by atoms with Gasteiger partial charge < -0.3 is 9.64 Å². The van der Waals surface area contributed by atoms with Gasteiger partial charge in [0.05, 0.1) is 42.1 Å². The molecule has 0 aliphatic heterocycles. The van der Waals surface area contributed by atoms with Gasteiger partial charge in [-0.05, 0) is 49.7 Å². The molecule has 0 radical (unpaired) electrons. The third-order valence-electron chi connectivity index (χ3n) is 4.75. The Morgan fingerprint density at radius 3 is 2.76 bits per heavy atom. The van der Waals surface area contributed by atoms with Crippen LogP contribution < -0.4 is 10.2 Å². The number of aromatic nitrogens is 3. The maximum absolute atomic E-state index is 12.9. The van der Waals surface area contributed by atoms with Crippen LogP contribution in [-0.4, -0.2) is 53.5 Å². The summed E-state index contributed by atoms with van der Waals surface area (Å²) in [6.07, 6.45) is -1.10. The third-order valence-corrected chi connectivity index (χ3v) is 4.75. The van der Waals surface area contributed by atoms with E-state index in [9.17, 15) is 13.2 Å². The molecule has 1 aromatic heterocycles. The van der Waals surface area contributed by atoms with Gasteiger partial charge in [-0.3, -0.25) is 10.3 Å². The van der Waals surface area contributed by atoms with Crippen molar-refractivity contribution in [2.75, 3.05) is 27.3 Å². The molecule has 176 valence electrons. The van der Waals surface area contributed by atoms with Crippen molar-refractivity contribution in [2.24, 2.45) is 4.99 Å². The maximum atomic E-state index is 12.9. The molecule has 3 rings (SSSR count). The van der Waals surface area contributed by atoms with Crippen LogP contribution in [0.4, 0.5) is 18.9 Å². The molecule has 11 heteroatoms. The molecule has 2 aromatic carbocycles. The smallest absolute Gasteiger partial charge is 0.416 e. The summed E-state index contributed by atoms with van der Waals surface area (Å²) < 4.78 is 45.8. The van der Waals surface area contributed by atoms with Gasteiger partial charge in [0.1, 0.15) is 17.9 Å². The lowest BCUT2D eigenvalue weighted by Gasteiger charge is -2.13. The Bertz CT molecular complexity index is 1160. The molecule has 0 bridgehead atoms. The lowest BCUT2D eigenvalue weighted by molar-refractivity contribution is -0.137. The number of ether oxygens (including phenoxy) is 1. The lowest BCUT2D eigenvalue weighted by Crippen LogP contribution is -2.18. The molecule has 33 heavy (non-hydrogen) atoms. The van der Waals surface area contributed by atoms with Crippen LogP contribution in [0.25, 0.3) is 17.2 Å². The minimum absolute atomic E-state index is 0.0764. The van der Waals surface area contributed by atoms with E-state index in [0.717, 1.165) is 35.4 Å². The summed E-state index contributed by atoms with van der Waals surface area (Å²) in [7, 11) is 3.35. The normalized spacial score (nSPS) is 12.5. The summed E-state index contributed by atoms with van der Waals surface area (Å²) in [5, 5.41) is 8.32. The number of aliphatic imine (C=N–C) groups is 1. The van der Waals surface area contributed by atoms with Crippen molar-refractivity contribution in [2.45, 2.75) is 20.0 Å². The number of nitrogens with one attached hydrogen (secondary N) is 1. The Morgan fingerprint density at radius 2 is 2.06 bits per heavy atom. The number of nitrogens with zero attached hydrogens (tertiary/aromatic N) is 5. The van der Waals surface area contributed by atoms with Crippen LogP contribution in [0.15, 0.2) is 47.1 Å². The summed E-state index contributed by atoms with van der Waals surface area (Å²) >= 11 is 0. The zero-order valence-corrected chi connectivity index (χ0v) is 18.7. The highest BCUT2D eigenvalue weighted by Gasteiger charge is 2.30. The van der Waals surface area contributed by atoms with E-state index >= 15 is 0 Å². The molecular formula is C22H25F3N6O2. The first kappa shape index (κ1) is 24.1. The van der Waals surface area contributed by atoms with E-state index in [4.69, 9.17) is 9.57 Å². The predicted molar refractivity (Wildman–Crippen MR) is 120 cm³/mol. The zero-order chi connectivity index (χ0) is 24.0. The third kappa shape index (κ3) is 6.22. The molecule has 0 amide bonds. The molecule has 0 saturated heterocycles. The Morgan fingerprint density at radius 1 is 1.27 bits per heavy atom. The topological polar surface area (TPSA) is 76.8 Å². The second-order valence-electron chi connectivity index (χ2n) is 7.25. The highest BCUT2D eigenvalue weighted by Crippen LogP contribution is 2.31. The van der Waals surface area contributed by atoms with E-state index in [-0.39, 0.29) is 12.4 Å². The molecule has 1 heterocycles. The summed E-state index contributed by atoms with van der Waals surface area (Å²) in [5.41, 5.74) is 5.37. The largest absolute Gasteiger partial charge is 0.487 e. The predicted octanol–water partition coefficient (Wildman–Crippen LogP) is 4.40. The Hall–Kier alpha value is -3.60. The van der Waals surface area contributed by atoms with Gasteiger partial charge in [0.15, 0.2) is 0 Å². The van der Waals surface area contributed by atoms with Gasteiger partial charge in [-0.1, -0.05) is 11.3 Å². The molecular weight excluding hydrogens is 437 g/mol. The molecule has 0 aliphatic carbocycles. The number of alkyl halides is 3. The summed E-state index contributed by atoms with van der Waals surface area (Å²) in [6, 6.07) is 8.41. The highest BCUT2D eigenvalue weighted by molar-refractivity contribution is 5.82. The van der Waals surface area contributed by atoms with Crippen molar-refractivity contribution in [3.05, 3.63) is 53.2 Å². The minimum Gasteiger partial charge on any atom is -0.487 e. The van der Waals surface area contributed by atoms with Crippen LogP contribution in [0.2, 0.25) is 0 Å². The minimum atomic E-state index is -4.45. The average molecular weight is 462 g/mol. The van der Waals surface area contributed by atoms with Crippen LogP contribution in [-0.2, 0) is 11.0 Å². The molecule has 3 aromatic rings. The standard InChI is InChI=1S/C22H25F3N6O2/c1-5-30(3)14-26-19-11-20-21(9-15(19)2)31(29-27-20)12-17(28-32-4)13-33-18-8-6-7-16(10-18)22(23,24)25/h6-12,14,28H,5,13H2,1-4H3. The molecule has 0 unspecified atom stereocenters. The van der Waals surface area contributed by atoms with Crippen molar-refractivity contribution in [3.63, 3.8) is 0 Å². The second-order valence-corrected chi connectivity index (χ2v) is 7.25. The Kier molecular flexibility index (Phi) is 7.54. The number of hydrogen-bond acceptors (Lipinski definition) is 6. The van der Waals surface area contributed by atoms with Crippen molar-refractivity contribution in [3.8, 4) is 5.75 Å². The molecule has 0 saturated carbocycles. The van der Waals surface area contributed by atoms with Crippen LogP contribution in [0.1, 0.15) is 18.1 Å². The first-order valence-electron chi connectivity index (χ1n) is 10.1. The van der Waals surface area contributed by atoms with Crippen LogP contribution in [0.5, 0.6) is 5.75 Å². The fraction of sp³-hybridized carbons (Fsp3) is 0.318. The molecule has 8 nitrogen and oxygen atoms in total. The first-order valence-corrected chi connectivity index (χ1v) is 10.1. The SMILES string of the molecule is CCN(C)C=Nc1cc2nnn(C=C(COc3cccc(C(F)(F)F)c3)NOC)c2cc1C. The van der Waals surface area contributed by atoms with Crippen molar-refractivity contribution in [1.82, 2.24) is 25.4 Å². The monoisotopic (exact) mass is 462 g/mol. The maximum Gasteiger partial charge on any atom is 0.416 e. The van der Waals surface area contributed by atoms with Gasteiger partial charge in [-0.2, -0.15) is 13.2 Å². The lowest BCUT2D eigenvalue weighted by atomic mass is 10.2. The fourth-order valence-electron chi connectivity index (χ4n) is 2.85. The average Bonchev–Trinajstić information content (AvgIpc) is 3.16. The number of hydroxylamine groups is 1. The van der Waals surface area contributed by atoms with Gasteiger partial charge in [0.2, 0.25) is 0 Å². The number of fused-ring (bicyclic) bond motifs is 1. The van der Waals surface area contributed by atoms with E-state index in [1.54, 1.807) is 12.5 Å². The molecule has 0 atom stereocenters. The van der Waals surface area contributed by atoms with Crippen LogP contribution >= 0.6 is 0 Å². The van der Waals surface area contributed by atoms with Gasteiger partial charge in [0.25, 0.3) is 0 Å². The van der Waals surface area contributed by atoms with E-state index < -0.39 is 11.7 Å². The van der Waals surface area contributed by atoms with Crippen LogP contribution in [0, 0.1) is 6.92 Å². The number of aryl methyl sites for hydroxylation is 1. The van der Waals surface area contributed by atoms with E-state index in [0.29, 0.717) is 11.2 Å². The van der Waals surface area contributed by atoms with Gasteiger partial charge in [-0.25, -0.2) is 9.67 Å². The summed E-state index contributed by atoms with van der Waals surface area (Å²) in [6.45, 7) is 4.72. The van der Waals surface area contributed by atoms with E-state index in [1.807, 2.05) is 37.9 Å². The van der Waals surface area contributed by atoms with Crippen molar-refractivity contribution in [1.29, 1.82) is 0 Å². The van der Waals surface area contributed by atoms with E-state index in [1.165, 1.54) is 23.9 Å². The fourth-order valence-corrected chi connectivity index (χ4v) is 2.85. The molecule has 0 aliphatic rings. The Labute approximate surface area is 189 Å². The first-order chi connectivity index (χ1) is 15.7. The molecule has 0 fully saturated rings. The number of hydrogen-bond donors (Lipinski definition) is 1. The Balaban J connectivity index is 1.83. The van der Waals surface area contributed by atoms with Gasteiger partial charge in [-0.15, -0.1) is 5.10 Å². The highest BCUT2D eigenvalue weighted by atomic mass is 19.4. The van der Waals surface area contributed by atoms with Crippen LogP contribution in [0.3, 0.4) is 0 Å². The number of benzene rings is 2. The zero-order valence-electron chi connectivity index (χ0n) is 18.7. The van der Waals surface area contributed by atoms with Gasteiger partial charge in [0, 0.05) is 13.6 Å². The molecule has 1 N–H and O–H groups in total. The summed E-state index contributed by atoms with van der Waals surface area (Å²) in [5.74, 6) is 0.0764.